The minimum Gasteiger partial charge on any atom is -0.492 e. The van der Waals surface area contributed by atoms with Gasteiger partial charge in [0.05, 0.1) is 17.1 Å². The maximum atomic E-state index is 14.0. The summed E-state index contributed by atoms with van der Waals surface area (Å²) in [5.41, 5.74) is 1.62. The van der Waals surface area contributed by atoms with Crippen LogP contribution in [0, 0.1) is 5.82 Å². The third-order valence-electron chi connectivity index (χ3n) is 3.26. The summed E-state index contributed by atoms with van der Waals surface area (Å²) in [6.45, 7) is 2.75. The molecular formula is C17H19BrFNO. The molecule has 0 heterocycles. The van der Waals surface area contributed by atoms with Crippen molar-refractivity contribution in [2.75, 3.05) is 13.7 Å². The van der Waals surface area contributed by atoms with Gasteiger partial charge < -0.3 is 10.1 Å². The maximum absolute atomic E-state index is 14.0. The predicted octanol–water partition coefficient (Wildman–Crippen LogP) is 4.69. The van der Waals surface area contributed by atoms with Crippen molar-refractivity contribution in [1.29, 1.82) is 0 Å². The van der Waals surface area contributed by atoms with Gasteiger partial charge in [0.25, 0.3) is 0 Å². The number of nitrogens with one attached hydrogen (secondary N) is 1. The molecule has 0 aromatic heterocycles. The first-order chi connectivity index (χ1) is 10.2. The first kappa shape index (κ1) is 16.0. The van der Waals surface area contributed by atoms with Crippen LogP contribution in [0.1, 0.15) is 30.5 Å². The molecule has 0 spiro atoms. The molecule has 1 N–H and O–H groups in total. The Hall–Kier alpha value is -1.39. The summed E-state index contributed by atoms with van der Waals surface area (Å²) in [7, 11) is 1.83. The molecule has 0 fully saturated rings. The second kappa shape index (κ2) is 7.57. The Bertz CT molecular complexity index is 603. The second-order valence-electron chi connectivity index (χ2n) is 4.78. The molecule has 0 aliphatic heterocycles. The molecule has 0 bridgehead atoms. The lowest BCUT2D eigenvalue weighted by atomic mass is 9.98. The summed E-state index contributed by atoms with van der Waals surface area (Å²) in [4.78, 5) is 0. The lowest BCUT2D eigenvalue weighted by Crippen LogP contribution is -2.19. The highest BCUT2D eigenvalue weighted by Gasteiger charge is 2.17. The van der Waals surface area contributed by atoms with Gasteiger partial charge in [-0.1, -0.05) is 31.2 Å². The monoisotopic (exact) mass is 351 g/mol. The molecule has 0 aliphatic carbocycles. The molecule has 21 heavy (non-hydrogen) atoms. The highest BCUT2D eigenvalue weighted by molar-refractivity contribution is 9.10. The summed E-state index contributed by atoms with van der Waals surface area (Å²) in [6, 6.07) is 12.5. The topological polar surface area (TPSA) is 21.3 Å². The van der Waals surface area contributed by atoms with Gasteiger partial charge in [0.15, 0.2) is 0 Å². The summed E-state index contributed by atoms with van der Waals surface area (Å²) in [6.07, 6.45) is 0.961. The zero-order valence-electron chi connectivity index (χ0n) is 12.2. The Morgan fingerprint density at radius 3 is 2.62 bits per heavy atom. The molecule has 0 amide bonds. The summed E-state index contributed by atoms with van der Waals surface area (Å²) in [5, 5.41) is 3.16. The van der Waals surface area contributed by atoms with Gasteiger partial charge in [-0.2, -0.15) is 0 Å². The lowest BCUT2D eigenvalue weighted by molar-refractivity contribution is 0.315. The smallest absolute Gasteiger partial charge is 0.133 e. The summed E-state index contributed by atoms with van der Waals surface area (Å²) >= 11 is 3.52. The van der Waals surface area contributed by atoms with E-state index in [-0.39, 0.29) is 11.9 Å². The van der Waals surface area contributed by atoms with E-state index < -0.39 is 0 Å². The van der Waals surface area contributed by atoms with E-state index in [1.807, 2.05) is 31.3 Å². The van der Waals surface area contributed by atoms with Crippen molar-refractivity contribution in [2.24, 2.45) is 0 Å². The number of halogens is 2. The molecule has 0 saturated carbocycles. The van der Waals surface area contributed by atoms with Crippen molar-refractivity contribution in [1.82, 2.24) is 5.32 Å². The molecule has 4 heteroatoms. The van der Waals surface area contributed by atoms with E-state index in [1.165, 1.54) is 6.07 Å². The Morgan fingerprint density at radius 2 is 2.00 bits per heavy atom. The first-order valence-corrected chi connectivity index (χ1v) is 7.80. The average Bonchev–Trinajstić information content (AvgIpc) is 2.49. The third-order valence-corrected chi connectivity index (χ3v) is 3.88. The first-order valence-electron chi connectivity index (χ1n) is 7.01. The zero-order valence-corrected chi connectivity index (χ0v) is 13.8. The largest absolute Gasteiger partial charge is 0.492 e. The molecule has 1 unspecified atom stereocenters. The van der Waals surface area contributed by atoms with E-state index in [9.17, 15) is 4.39 Å². The highest BCUT2D eigenvalue weighted by Crippen LogP contribution is 2.31. The molecule has 2 rings (SSSR count). The quantitative estimate of drug-likeness (QED) is 0.815. The van der Waals surface area contributed by atoms with E-state index in [1.54, 1.807) is 12.1 Å². The molecule has 0 radical (unpaired) electrons. The van der Waals surface area contributed by atoms with Gasteiger partial charge in [0.2, 0.25) is 0 Å². The van der Waals surface area contributed by atoms with Crippen LogP contribution in [0.5, 0.6) is 5.75 Å². The second-order valence-corrected chi connectivity index (χ2v) is 5.64. The number of rotatable bonds is 6. The third kappa shape index (κ3) is 3.83. The van der Waals surface area contributed by atoms with Crippen LogP contribution < -0.4 is 10.1 Å². The average molecular weight is 352 g/mol. The summed E-state index contributed by atoms with van der Waals surface area (Å²) in [5.74, 6) is 0.600. The predicted molar refractivity (Wildman–Crippen MR) is 87.2 cm³/mol. The van der Waals surface area contributed by atoms with E-state index in [4.69, 9.17) is 4.74 Å². The minimum absolute atomic E-state index is 0.192. The van der Waals surface area contributed by atoms with Crippen LogP contribution in [-0.4, -0.2) is 13.7 Å². The van der Waals surface area contributed by atoms with E-state index in [2.05, 4.69) is 28.2 Å². The Kier molecular flexibility index (Phi) is 5.76. The van der Waals surface area contributed by atoms with Gasteiger partial charge in [-0.05, 0) is 53.2 Å². The Balaban J connectivity index is 2.31. The van der Waals surface area contributed by atoms with E-state index >= 15 is 0 Å². The van der Waals surface area contributed by atoms with Crippen molar-refractivity contribution in [3.05, 3.63) is 63.9 Å². The van der Waals surface area contributed by atoms with Crippen molar-refractivity contribution in [3.8, 4) is 5.75 Å². The lowest BCUT2D eigenvalue weighted by Gasteiger charge is -2.19. The molecule has 2 nitrogen and oxygen atoms in total. The highest BCUT2D eigenvalue weighted by atomic mass is 79.9. The number of hydrogen-bond acceptors (Lipinski definition) is 2. The van der Waals surface area contributed by atoms with Crippen LogP contribution in [0.15, 0.2) is 46.9 Å². The fraction of sp³-hybridized carbons (Fsp3) is 0.294. The fourth-order valence-electron chi connectivity index (χ4n) is 2.24. The van der Waals surface area contributed by atoms with Crippen LogP contribution in [0.2, 0.25) is 0 Å². The number of benzene rings is 2. The van der Waals surface area contributed by atoms with Gasteiger partial charge in [-0.25, -0.2) is 4.39 Å². The van der Waals surface area contributed by atoms with Crippen molar-refractivity contribution < 1.29 is 9.13 Å². The van der Waals surface area contributed by atoms with Gasteiger partial charge in [0, 0.05) is 5.56 Å². The molecule has 2 aromatic carbocycles. The fourth-order valence-corrected chi connectivity index (χ4v) is 2.75. The molecular weight excluding hydrogens is 333 g/mol. The SMILES string of the molecule is CCCOc1ccc(C(NC)c2ccccc2F)cc1Br. The van der Waals surface area contributed by atoms with Crippen LogP contribution in [-0.2, 0) is 0 Å². The van der Waals surface area contributed by atoms with Gasteiger partial charge in [-0.3, -0.25) is 0 Å². The van der Waals surface area contributed by atoms with Crippen LogP contribution in [0.4, 0.5) is 4.39 Å². The Morgan fingerprint density at radius 1 is 1.24 bits per heavy atom. The van der Waals surface area contributed by atoms with Crippen molar-refractivity contribution in [3.63, 3.8) is 0 Å². The zero-order chi connectivity index (χ0) is 15.2. The van der Waals surface area contributed by atoms with Crippen molar-refractivity contribution >= 4 is 15.9 Å². The van der Waals surface area contributed by atoms with Crippen molar-refractivity contribution in [2.45, 2.75) is 19.4 Å². The van der Waals surface area contributed by atoms with Gasteiger partial charge in [-0.15, -0.1) is 0 Å². The van der Waals surface area contributed by atoms with Crippen LogP contribution in [0.3, 0.4) is 0 Å². The van der Waals surface area contributed by atoms with Gasteiger partial charge in [0.1, 0.15) is 11.6 Å². The number of ether oxygens (including phenoxy) is 1. The van der Waals surface area contributed by atoms with Crippen LogP contribution in [0.25, 0.3) is 0 Å². The standard InChI is InChI=1S/C17H19BrFNO/c1-3-10-21-16-9-8-12(11-14(16)18)17(20-2)13-6-4-5-7-15(13)19/h4-9,11,17,20H,3,10H2,1-2H3. The number of hydrogen-bond donors (Lipinski definition) is 1. The minimum atomic E-state index is -0.209. The van der Waals surface area contributed by atoms with E-state index in [0.29, 0.717) is 12.2 Å². The Labute approximate surface area is 133 Å². The molecule has 112 valence electrons. The molecule has 0 aliphatic rings. The summed E-state index contributed by atoms with van der Waals surface area (Å²) < 4.78 is 20.5. The van der Waals surface area contributed by atoms with Gasteiger partial charge >= 0.3 is 0 Å². The normalized spacial score (nSPS) is 12.2. The molecule has 2 aromatic rings. The molecule has 0 saturated heterocycles. The molecule has 1 atom stereocenters. The van der Waals surface area contributed by atoms with E-state index in [0.717, 1.165) is 22.2 Å². The van der Waals surface area contributed by atoms with Crippen LogP contribution >= 0.6 is 15.9 Å². The maximum Gasteiger partial charge on any atom is 0.133 e.